The lowest BCUT2D eigenvalue weighted by Gasteiger charge is -2.16. The number of ether oxygens (including phenoxy) is 1. The molecule has 0 unspecified atom stereocenters. The average molecular weight is 303 g/mol. The molecule has 1 aromatic carbocycles. The smallest absolute Gasteiger partial charge is 0.129 e. The van der Waals surface area contributed by atoms with E-state index in [1.165, 1.54) is 12.8 Å². The van der Waals surface area contributed by atoms with Gasteiger partial charge in [0.15, 0.2) is 0 Å². The van der Waals surface area contributed by atoms with E-state index in [0.717, 1.165) is 26.9 Å². The number of para-hydroxylation sites is 1. The highest BCUT2D eigenvalue weighted by Crippen LogP contribution is 2.48. The third-order valence-electron chi connectivity index (χ3n) is 3.59. The summed E-state index contributed by atoms with van der Waals surface area (Å²) in [7, 11) is 0. The summed E-state index contributed by atoms with van der Waals surface area (Å²) in [5, 5.41) is 11.4. The maximum absolute atomic E-state index is 10.4. The van der Waals surface area contributed by atoms with Crippen LogP contribution in [-0.4, -0.2) is 16.7 Å². The van der Waals surface area contributed by atoms with Crippen LogP contribution in [0, 0.1) is 0 Å². The largest absolute Gasteiger partial charge is 0.493 e. The van der Waals surface area contributed by atoms with Gasteiger partial charge in [-0.1, -0.05) is 12.1 Å². The lowest BCUT2D eigenvalue weighted by molar-refractivity contribution is 0.0813. The first-order valence-corrected chi connectivity index (χ1v) is 8.28. The van der Waals surface area contributed by atoms with Crippen molar-refractivity contribution in [2.24, 2.45) is 0 Å². The molecule has 4 heteroatoms. The molecule has 1 fully saturated rings. The van der Waals surface area contributed by atoms with Gasteiger partial charge in [0.05, 0.1) is 28.3 Å². The zero-order valence-corrected chi connectivity index (χ0v) is 13.5. The lowest BCUT2D eigenvalue weighted by atomic mass is 10.0. The van der Waals surface area contributed by atoms with Gasteiger partial charge < -0.3 is 9.84 Å². The van der Waals surface area contributed by atoms with E-state index in [4.69, 9.17) is 9.72 Å². The second kappa shape index (κ2) is 5.43. The number of rotatable bonds is 5. The number of hydrogen-bond donors (Lipinski definition) is 1. The Balaban J connectivity index is 2.07. The topological polar surface area (TPSA) is 42.4 Å². The van der Waals surface area contributed by atoms with Crippen LogP contribution in [0.25, 0.3) is 10.6 Å². The number of aromatic nitrogens is 1. The van der Waals surface area contributed by atoms with Gasteiger partial charge in [0, 0.05) is 5.92 Å². The van der Waals surface area contributed by atoms with Crippen LogP contribution in [-0.2, 0) is 5.60 Å². The van der Waals surface area contributed by atoms with E-state index in [2.05, 4.69) is 0 Å². The van der Waals surface area contributed by atoms with Crippen LogP contribution in [0.3, 0.4) is 0 Å². The van der Waals surface area contributed by atoms with Crippen LogP contribution in [0.1, 0.15) is 50.1 Å². The van der Waals surface area contributed by atoms with Crippen LogP contribution in [0.2, 0.25) is 0 Å². The van der Waals surface area contributed by atoms with Crippen LogP contribution < -0.4 is 4.74 Å². The van der Waals surface area contributed by atoms with Crippen molar-refractivity contribution < 1.29 is 9.84 Å². The van der Waals surface area contributed by atoms with Crippen LogP contribution in [0.15, 0.2) is 24.3 Å². The van der Waals surface area contributed by atoms with Gasteiger partial charge >= 0.3 is 0 Å². The van der Waals surface area contributed by atoms with E-state index in [-0.39, 0.29) is 0 Å². The summed E-state index contributed by atoms with van der Waals surface area (Å²) >= 11 is 1.59. The zero-order valence-electron chi connectivity index (χ0n) is 12.7. The molecule has 112 valence electrons. The van der Waals surface area contributed by atoms with Crippen LogP contribution >= 0.6 is 11.3 Å². The predicted octanol–water partition coefficient (Wildman–Crippen LogP) is 4.31. The molecule has 3 nitrogen and oxygen atoms in total. The molecule has 3 rings (SSSR count). The predicted molar refractivity (Wildman–Crippen MR) is 85.9 cm³/mol. The van der Waals surface area contributed by atoms with Crippen molar-refractivity contribution in [1.29, 1.82) is 0 Å². The van der Waals surface area contributed by atoms with Crippen molar-refractivity contribution in [2.45, 2.75) is 45.1 Å². The Morgan fingerprint density at radius 1 is 1.33 bits per heavy atom. The van der Waals surface area contributed by atoms with Crippen molar-refractivity contribution in [3.05, 3.63) is 34.8 Å². The maximum atomic E-state index is 10.4. The van der Waals surface area contributed by atoms with Crippen molar-refractivity contribution in [3.8, 4) is 16.3 Å². The van der Waals surface area contributed by atoms with Crippen molar-refractivity contribution >= 4 is 11.3 Å². The minimum atomic E-state index is -0.839. The first-order valence-electron chi connectivity index (χ1n) is 7.46. The lowest BCUT2D eigenvalue weighted by Crippen LogP contribution is -2.15. The molecule has 0 bridgehead atoms. The number of aliphatic hydroxyl groups is 1. The quantitative estimate of drug-likeness (QED) is 0.894. The molecule has 2 aromatic rings. The van der Waals surface area contributed by atoms with Gasteiger partial charge in [-0.25, -0.2) is 4.98 Å². The summed E-state index contributed by atoms with van der Waals surface area (Å²) in [6, 6.07) is 7.98. The summed E-state index contributed by atoms with van der Waals surface area (Å²) in [5.74, 6) is 1.38. The Morgan fingerprint density at radius 3 is 2.67 bits per heavy atom. The standard InChI is InChI=1S/C17H21NO2S/c1-4-20-13-8-6-5-7-12(13)16-18-14(11-9-10-11)15(21-16)17(2,3)19/h5-8,11,19H,4,9-10H2,1-3H3. The van der Waals surface area contributed by atoms with Crippen molar-refractivity contribution in [1.82, 2.24) is 4.98 Å². The third kappa shape index (κ3) is 2.97. The molecule has 1 saturated carbocycles. The Kier molecular flexibility index (Phi) is 3.76. The zero-order chi connectivity index (χ0) is 15.0. The second-order valence-electron chi connectivity index (χ2n) is 6.00. The van der Waals surface area contributed by atoms with E-state index < -0.39 is 5.60 Å². The fourth-order valence-electron chi connectivity index (χ4n) is 2.44. The van der Waals surface area contributed by atoms with E-state index in [1.54, 1.807) is 11.3 Å². The minimum absolute atomic E-state index is 0.524. The fraction of sp³-hybridized carbons (Fsp3) is 0.471. The molecule has 1 aliphatic rings. The minimum Gasteiger partial charge on any atom is -0.493 e. The summed E-state index contributed by atoms with van der Waals surface area (Å²) < 4.78 is 5.71. The van der Waals surface area contributed by atoms with Crippen molar-refractivity contribution in [3.63, 3.8) is 0 Å². The first-order chi connectivity index (χ1) is 10.0. The highest BCUT2D eigenvalue weighted by molar-refractivity contribution is 7.15. The van der Waals surface area contributed by atoms with Gasteiger partial charge in [0.2, 0.25) is 0 Å². The maximum Gasteiger partial charge on any atom is 0.129 e. The van der Waals surface area contributed by atoms with Gasteiger partial charge in [-0.05, 0) is 45.7 Å². The molecular weight excluding hydrogens is 282 g/mol. The van der Waals surface area contributed by atoms with Crippen LogP contribution in [0.5, 0.6) is 5.75 Å². The summed E-state index contributed by atoms with van der Waals surface area (Å²) in [6.07, 6.45) is 2.36. The Bertz CT molecular complexity index is 638. The molecule has 1 aliphatic carbocycles. The van der Waals surface area contributed by atoms with E-state index in [0.29, 0.717) is 12.5 Å². The molecule has 0 saturated heterocycles. The number of hydrogen-bond acceptors (Lipinski definition) is 4. The third-order valence-corrected chi connectivity index (χ3v) is 5.01. The molecule has 1 heterocycles. The molecule has 21 heavy (non-hydrogen) atoms. The first kappa shape index (κ1) is 14.5. The SMILES string of the molecule is CCOc1ccccc1-c1nc(C2CC2)c(C(C)(C)O)s1. The Hall–Kier alpha value is -1.39. The van der Waals surface area contributed by atoms with E-state index in [1.807, 2.05) is 45.0 Å². The monoisotopic (exact) mass is 303 g/mol. The Labute approximate surface area is 129 Å². The van der Waals surface area contributed by atoms with Gasteiger partial charge in [-0.2, -0.15) is 0 Å². The summed E-state index contributed by atoms with van der Waals surface area (Å²) in [4.78, 5) is 5.82. The van der Waals surface area contributed by atoms with Gasteiger partial charge in [0.25, 0.3) is 0 Å². The van der Waals surface area contributed by atoms with E-state index in [9.17, 15) is 5.11 Å². The average Bonchev–Trinajstić information content (AvgIpc) is 3.17. The van der Waals surface area contributed by atoms with Crippen LogP contribution in [0.4, 0.5) is 0 Å². The van der Waals surface area contributed by atoms with E-state index >= 15 is 0 Å². The Morgan fingerprint density at radius 2 is 2.05 bits per heavy atom. The number of thiazole rings is 1. The van der Waals surface area contributed by atoms with Gasteiger partial charge in [-0.15, -0.1) is 11.3 Å². The molecule has 0 aliphatic heterocycles. The summed E-state index contributed by atoms with van der Waals surface area (Å²) in [6.45, 7) is 6.29. The molecule has 1 N–H and O–H groups in total. The fourth-order valence-corrected chi connectivity index (χ4v) is 3.63. The van der Waals surface area contributed by atoms with Gasteiger partial charge in [0.1, 0.15) is 10.8 Å². The van der Waals surface area contributed by atoms with Gasteiger partial charge in [-0.3, -0.25) is 0 Å². The van der Waals surface area contributed by atoms with Crippen molar-refractivity contribution in [2.75, 3.05) is 6.61 Å². The molecule has 0 amide bonds. The summed E-state index contributed by atoms with van der Waals surface area (Å²) in [5.41, 5.74) is 1.25. The number of benzene rings is 1. The molecule has 0 radical (unpaired) electrons. The number of nitrogens with zero attached hydrogens (tertiary/aromatic N) is 1. The molecular formula is C17H21NO2S. The second-order valence-corrected chi connectivity index (χ2v) is 6.99. The normalized spacial score (nSPS) is 15.2. The highest BCUT2D eigenvalue weighted by Gasteiger charge is 2.35. The molecule has 0 spiro atoms. The molecule has 0 atom stereocenters. The highest BCUT2D eigenvalue weighted by atomic mass is 32.1. The molecule has 1 aromatic heterocycles.